The minimum Gasteiger partial charge on any atom is -0.451 e. The molecule has 0 aliphatic carbocycles. The highest BCUT2D eigenvalue weighted by Crippen LogP contribution is 2.49. The molecule has 2 aliphatic heterocycles. The summed E-state index contributed by atoms with van der Waals surface area (Å²) in [5.41, 5.74) is 10.8. The fourth-order valence-corrected chi connectivity index (χ4v) is 5.22. The average molecular weight is 393 g/mol. The Morgan fingerprint density at radius 3 is 2.14 bits per heavy atom. The van der Waals surface area contributed by atoms with Crippen molar-refractivity contribution < 1.29 is 19.1 Å². The molecule has 0 aromatic heterocycles. The molecule has 0 radical (unpaired) electrons. The molecule has 4 rings (SSSR count). The molecule has 1 amide bonds. The number of esters is 1. The van der Waals surface area contributed by atoms with Gasteiger partial charge in [0.2, 0.25) is 0 Å². The van der Waals surface area contributed by atoms with Gasteiger partial charge in [-0.1, -0.05) is 60.7 Å². The Kier molecular flexibility index (Phi) is 4.57. The van der Waals surface area contributed by atoms with E-state index in [0.717, 1.165) is 11.1 Å². The zero-order valence-electron chi connectivity index (χ0n) is 15.5. The molecule has 0 bridgehead atoms. The maximum absolute atomic E-state index is 13.2. The number of carbonyl (C=O) groups is 2. The lowest BCUT2D eigenvalue weighted by molar-refractivity contribution is -0.161. The molecule has 0 unspecified atom stereocenters. The Morgan fingerprint density at radius 1 is 1.11 bits per heavy atom. The summed E-state index contributed by atoms with van der Waals surface area (Å²) in [7, 11) is 0. The molecule has 2 atom stereocenters. The first-order chi connectivity index (χ1) is 13.4. The highest BCUT2D eigenvalue weighted by Gasteiger charge is 2.67. The molecule has 2 fully saturated rings. The summed E-state index contributed by atoms with van der Waals surface area (Å²) < 4.78 is 5.40. The normalized spacial score (nSPS) is 22.5. The van der Waals surface area contributed by atoms with E-state index in [1.165, 1.54) is 16.7 Å². The van der Waals surface area contributed by atoms with E-state index in [9.17, 15) is 9.59 Å². The third-order valence-corrected chi connectivity index (χ3v) is 6.57. The van der Waals surface area contributed by atoms with Crippen LogP contribution >= 0.6 is 11.8 Å². The molecule has 2 saturated heterocycles. The van der Waals surface area contributed by atoms with Gasteiger partial charge in [-0.25, -0.2) is 4.79 Å². The van der Waals surface area contributed by atoms with Gasteiger partial charge in [0.25, 0.3) is 0 Å². The van der Waals surface area contributed by atoms with Gasteiger partial charge in [-0.2, -0.15) is 4.79 Å². The van der Waals surface area contributed by atoms with E-state index in [4.69, 9.17) is 10.3 Å². The molecule has 2 aliphatic rings. The Balaban J connectivity index is 1.65. The summed E-state index contributed by atoms with van der Waals surface area (Å²) in [4.78, 5) is 30.1. The molecule has 0 saturated carbocycles. The van der Waals surface area contributed by atoms with Gasteiger partial charge >= 0.3 is 17.6 Å². The summed E-state index contributed by atoms with van der Waals surface area (Å²) in [6.07, 6.45) is -0.572. The van der Waals surface area contributed by atoms with E-state index < -0.39 is 34.1 Å². The highest BCUT2D eigenvalue weighted by atomic mass is 32.2. The topological polar surface area (TPSA) is 83.0 Å². The van der Waals surface area contributed by atoms with Crippen LogP contribution in [-0.4, -0.2) is 43.4 Å². The first kappa shape index (κ1) is 18.5. The lowest BCUT2D eigenvalue weighted by Gasteiger charge is -2.34. The van der Waals surface area contributed by atoms with E-state index in [2.05, 4.69) is 4.79 Å². The quantitative estimate of drug-likeness (QED) is 0.346. The second-order valence-corrected chi connectivity index (χ2v) is 9.05. The zero-order chi connectivity index (χ0) is 19.9. The number of carbonyl (C=O) groups excluding carboxylic acids is 2. The van der Waals surface area contributed by atoms with Gasteiger partial charge in [0, 0.05) is 4.75 Å². The van der Waals surface area contributed by atoms with Crippen LogP contribution in [-0.2, 0) is 14.3 Å². The molecule has 142 valence electrons. The fraction of sp³-hybridized carbons (Fsp3) is 0.286. The minimum atomic E-state index is -0.754. The first-order valence-corrected chi connectivity index (χ1v) is 9.85. The fourth-order valence-electron chi connectivity index (χ4n) is 3.72. The third kappa shape index (κ3) is 2.93. The van der Waals surface area contributed by atoms with Crippen molar-refractivity contribution in [2.24, 2.45) is 0 Å². The monoisotopic (exact) mass is 393 g/mol. The Labute approximate surface area is 167 Å². The number of ether oxygens (including phenoxy) is 1. The number of rotatable bonds is 4. The van der Waals surface area contributed by atoms with E-state index in [1.54, 1.807) is 0 Å². The molecule has 2 aromatic carbocycles. The third-order valence-electron chi connectivity index (χ3n) is 5.06. The number of hydrogen-bond donors (Lipinski definition) is 0. The largest absolute Gasteiger partial charge is 0.451 e. The number of β-lactam (4-membered cyclic amide) rings is 1. The van der Waals surface area contributed by atoms with Crippen molar-refractivity contribution in [1.29, 1.82) is 0 Å². The lowest BCUT2D eigenvalue weighted by atomic mass is 9.96. The Bertz CT molecular complexity index is 931. The summed E-state index contributed by atoms with van der Waals surface area (Å²) >= 11 is 1.42. The van der Waals surface area contributed by atoms with Gasteiger partial charge < -0.3 is 10.3 Å². The number of nitrogens with zero attached hydrogens (tertiary/aromatic N) is 3. The summed E-state index contributed by atoms with van der Waals surface area (Å²) in [6, 6.07) is 18.3. The van der Waals surface area contributed by atoms with E-state index >= 15 is 0 Å². The number of fused-ring (bicyclic) bond motifs is 1. The predicted octanol–water partition coefficient (Wildman–Crippen LogP) is 3.05. The van der Waals surface area contributed by atoms with E-state index in [0.29, 0.717) is 0 Å². The van der Waals surface area contributed by atoms with Crippen LogP contribution in [0, 0.1) is 0 Å². The summed E-state index contributed by atoms with van der Waals surface area (Å²) in [5, 5.41) is -0.419. The van der Waals surface area contributed by atoms with Crippen LogP contribution in [0.4, 0.5) is 0 Å². The van der Waals surface area contributed by atoms with Crippen molar-refractivity contribution in [2.75, 3.05) is 0 Å². The molecule has 7 heteroatoms. The van der Waals surface area contributed by atoms with Crippen LogP contribution in [0.5, 0.6) is 0 Å². The number of hydrogen-bond acceptors (Lipinski definition) is 4. The van der Waals surface area contributed by atoms with Gasteiger partial charge in [-0.15, -0.1) is 11.8 Å². The number of benzene rings is 2. The van der Waals surface area contributed by atoms with E-state index in [-0.39, 0.29) is 5.71 Å². The SMILES string of the molecule is CC1(C)S[C@@H]2C(=[N+]=[N-])C(=O)N2[C@H]1C(=O)OC(c1ccccc1)c1ccccc1. The Hall–Kier alpha value is -2.89. The molecule has 0 N–H and O–H groups in total. The standard InChI is InChI=1S/C21H19N3O3S/c1-21(2)17(24-18(25)15(23-22)19(24)28-21)20(26)27-16(13-9-5-3-6-10-13)14-11-7-4-8-12-14/h3-12,16-17,19H,1-2H3/t17-,19+/m0/s1. The molecule has 2 aromatic rings. The van der Waals surface area contributed by atoms with Gasteiger partial charge in [0.1, 0.15) is 6.04 Å². The first-order valence-electron chi connectivity index (χ1n) is 8.97. The molecule has 6 nitrogen and oxygen atoms in total. The van der Waals surface area contributed by atoms with Crippen molar-refractivity contribution in [3.05, 3.63) is 77.3 Å². The second kappa shape index (κ2) is 6.93. The van der Waals surface area contributed by atoms with Crippen molar-refractivity contribution in [2.45, 2.75) is 36.1 Å². The molecule has 28 heavy (non-hydrogen) atoms. The average Bonchev–Trinajstić information content (AvgIpc) is 2.95. The van der Waals surface area contributed by atoms with Crippen LogP contribution < -0.4 is 0 Å². The van der Waals surface area contributed by atoms with Crippen molar-refractivity contribution >= 4 is 29.4 Å². The molecule has 0 spiro atoms. The van der Waals surface area contributed by atoms with Crippen LogP contribution in [0.3, 0.4) is 0 Å². The van der Waals surface area contributed by atoms with E-state index in [1.807, 2.05) is 74.5 Å². The molecule has 2 heterocycles. The maximum Gasteiger partial charge on any atom is 0.388 e. The number of thioether (sulfide) groups is 1. The predicted molar refractivity (Wildman–Crippen MR) is 106 cm³/mol. The molecular formula is C21H19N3O3S. The van der Waals surface area contributed by atoms with Crippen LogP contribution in [0.1, 0.15) is 31.1 Å². The zero-order valence-corrected chi connectivity index (χ0v) is 16.3. The summed E-state index contributed by atoms with van der Waals surface area (Å²) in [5.74, 6) is -0.897. The van der Waals surface area contributed by atoms with Gasteiger partial charge in [-0.05, 0) is 25.0 Å². The summed E-state index contributed by atoms with van der Waals surface area (Å²) in [6.45, 7) is 3.79. The van der Waals surface area contributed by atoms with Gasteiger partial charge in [0.05, 0.1) is 0 Å². The van der Waals surface area contributed by atoms with Crippen molar-refractivity contribution in [1.82, 2.24) is 4.90 Å². The number of amides is 1. The van der Waals surface area contributed by atoms with Crippen molar-refractivity contribution in [3.63, 3.8) is 0 Å². The van der Waals surface area contributed by atoms with Crippen LogP contribution in [0.15, 0.2) is 60.7 Å². The van der Waals surface area contributed by atoms with Gasteiger partial charge in [-0.3, -0.25) is 9.69 Å². The lowest BCUT2D eigenvalue weighted by Crippen LogP contribution is -2.64. The van der Waals surface area contributed by atoms with Crippen LogP contribution in [0.2, 0.25) is 0 Å². The molecular weight excluding hydrogens is 374 g/mol. The van der Waals surface area contributed by atoms with Crippen molar-refractivity contribution in [3.8, 4) is 0 Å². The van der Waals surface area contributed by atoms with Gasteiger partial charge in [0.15, 0.2) is 11.5 Å². The minimum absolute atomic E-state index is 0.0797. The maximum atomic E-state index is 13.2. The second-order valence-electron chi connectivity index (χ2n) is 7.31. The Morgan fingerprint density at radius 2 is 1.64 bits per heavy atom. The van der Waals surface area contributed by atoms with Crippen LogP contribution in [0.25, 0.3) is 5.53 Å². The highest BCUT2D eigenvalue weighted by molar-refractivity contribution is 8.02. The smallest absolute Gasteiger partial charge is 0.388 e.